The molecule has 44 valence electrons. The summed E-state index contributed by atoms with van der Waals surface area (Å²) >= 11 is 0. The SMILES string of the molecule is C1=NCCO1.[N-]=[N+]=[N-]. The molecule has 0 saturated heterocycles. The molecule has 0 saturated carbocycles. The van der Waals surface area contributed by atoms with Crippen LogP contribution in [0.3, 0.4) is 0 Å². The van der Waals surface area contributed by atoms with E-state index in [9.17, 15) is 0 Å². The van der Waals surface area contributed by atoms with Crippen molar-refractivity contribution in [1.29, 1.82) is 0 Å². The fraction of sp³-hybridized carbons (Fsp3) is 0.667. The number of nitrogens with zero attached hydrogens (tertiary/aromatic N) is 4. The first-order valence-corrected chi connectivity index (χ1v) is 2.00. The highest BCUT2D eigenvalue weighted by Gasteiger charge is 1.84. The molecule has 5 nitrogen and oxygen atoms in total. The minimum Gasteiger partial charge on any atom is -0.482 e. The van der Waals surface area contributed by atoms with E-state index in [0.29, 0.717) is 0 Å². The summed E-state index contributed by atoms with van der Waals surface area (Å²) < 4.78 is 4.65. The van der Waals surface area contributed by atoms with Gasteiger partial charge < -0.3 is 15.8 Å². The topological polar surface area (TPSA) is 80.3 Å². The van der Waals surface area contributed by atoms with Crippen LogP contribution in [0.1, 0.15) is 0 Å². The molecule has 0 N–H and O–H groups in total. The zero-order chi connectivity index (χ0) is 6.24. The smallest absolute Gasteiger partial charge is 0.169 e. The Bertz CT molecular complexity index is 97.9. The molecule has 5 heteroatoms. The molecule has 0 fully saturated rings. The van der Waals surface area contributed by atoms with Gasteiger partial charge in [-0.2, -0.15) is 0 Å². The van der Waals surface area contributed by atoms with Crippen LogP contribution in [0.5, 0.6) is 0 Å². The monoisotopic (exact) mass is 113 g/mol. The van der Waals surface area contributed by atoms with Crippen molar-refractivity contribution >= 4 is 6.40 Å². The summed E-state index contributed by atoms with van der Waals surface area (Å²) in [5.74, 6) is 0. The number of aliphatic imine (C=N–C) groups is 1. The van der Waals surface area contributed by atoms with Crippen LogP contribution < -0.4 is 0 Å². The van der Waals surface area contributed by atoms with Crippen molar-refractivity contribution in [3.05, 3.63) is 16.0 Å². The van der Waals surface area contributed by atoms with E-state index in [-0.39, 0.29) is 0 Å². The Labute approximate surface area is 46.4 Å². The van der Waals surface area contributed by atoms with E-state index in [1.165, 1.54) is 11.3 Å². The van der Waals surface area contributed by atoms with E-state index in [1.807, 2.05) is 0 Å². The van der Waals surface area contributed by atoms with Gasteiger partial charge in [0.15, 0.2) is 6.40 Å². The van der Waals surface area contributed by atoms with Gasteiger partial charge in [0.05, 0.1) is 6.54 Å². The first-order valence-electron chi connectivity index (χ1n) is 2.00. The van der Waals surface area contributed by atoms with Crippen LogP contribution >= 0.6 is 0 Å². The lowest BCUT2D eigenvalue weighted by atomic mass is 10.8. The molecule has 1 aliphatic rings. The molecular formula is C3H5N4O-. The zero-order valence-corrected chi connectivity index (χ0v) is 4.19. The van der Waals surface area contributed by atoms with Gasteiger partial charge in [0.2, 0.25) is 0 Å². The highest BCUT2D eigenvalue weighted by Crippen LogP contribution is 1.78. The number of hydrogen-bond donors (Lipinski definition) is 0. The Balaban J connectivity index is 0.000000145. The van der Waals surface area contributed by atoms with E-state index >= 15 is 0 Å². The van der Waals surface area contributed by atoms with Gasteiger partial charge in [-0.05, 0) is 0 Å². The molecule has 0 amide bonds. The van der Waals surface area contributed by atoms with Crippen molar-refractivity contribution in [2.75, 3.05) is 13.2 Å². The molecule has 1 aliphatic heterocycles. The predicted octanol–water partition coefficient (Wildman–Crippen LogP) is 0.911. The summed E-state index contributed by atoms with van der Waals surface area (Å²) in [7, 11) is 0. The minimum atomic E-state index is 0.778. The van der Waals surface area contributed by atoms with Gasteiger partial charge in [0.25, 0.3) is 0 Å². The highest BCUT2D eigenvalue weighted by atomic mass is 16.5. The maximum absolute atomic E-state index is 6.75. The van der Waals surface area contributed by atoms with Gasteiger partial charge in [-0.3, -0.25) is 9.90 Å². The Morgan fingerprint density at radius 3 is 2.38 bits per heavy atom. The van der Waals surface area contributed by atoms with Gasteiger partial charge in [-0.1, -0.05) is 0 Å². The van der Waals surface area contributed by atoms with Gasteiger partial charge in [-0.15, -0.1) is 0 Å². The van der Waals surface area contributed by atoms with Gasteiger partial charge in [0.1, 0.15) is 6.61 Å². The van der Waals surface area contributed by atoms with Crippen LogP contribution in [0.25, 0.3) is 16.0 Å². The van der Waals surface area contributed by atoms with E-state index in [0.717, 1.165) is 13.2 Å². The summed E-state index contributed by atoms with van der Waals surface area (Å²) in [5, 5.41) is 0. The largest absolute Gasteiger partial charge is 0.482 e. The summed E-state index contributed by atoms with van der Waals surface area (Å²) in [5.41, 5.74) is 13.5. The molecule has 0 unspecified atom stereocenters. The lowest BCUT2D eigenvalue weighted by Crippen LogP contribution is -1.80. The second-order valence-electron chi connectivity index (χ2n) is 0.972. The lowest BCUT2D eigenvalue weighted by Gasteiger charge is -1.76. The lowest BCUT2D eigenvalue weighted by molar-refractivity contribution is 0.361. The van der Waals surface area contributed by atoms with Gasteiger partial charge >= 0.3 is 0 Å². The maximum atomic E-state index is 6.75. The summed E-state index contributed by atoms with van der Waals surface area (Å²) in [4.78, 5) is 5.24. The van der Waals surface area contributed by atoms with Crippen molar-refractivity contribution in [2.24, 2.45) is 4.99 Å². The third-order valence-electron chi connectivity index (χ3n) is 0.487. The van der Waals surface area contributed by atoms with E-state index < -0.39 is 0 Å². The number of ether oxygens (including phenoxy) is 1. The van der Waals surface area contributed by atoms with Crippen molar-refractivity contribution in [3.8, 4) is 0 Å². The normalized spacial score (nSPS) is 13.0. The minimum absolute atomic E-state index is 0.778. The Morgan fingerprint density at radius 2 is 2.25 bits per heavy atom. The van der Waals surface area contributed by atoms with Crippen molar-refractivity contribution in [1.82, 2.24) is 0 Å². The van der Waals surface area contributed by atoms with Crippen molar-refractivity contribution in [3.63, 3.8) is 0 Å². The number of hydrogen-bond acceptors (Lipinski definition) is 2. The second kappa shape index (κ2) is 5.78. The van der Waals surface area contributed by atoms with Crippen LogP contribution in [0.4, 0.5) is 0 Å². The molecule has 0 radical (unpaired) electrons. The van der Waals surface area contributed by atoms with Crippen LogP contribution in [-0.4, -0.2) is 19.6 Å². The molecule has 0 aromatic rings. The third-order valence-corrected chi connectivity index (χ3v) is 0.487. The maximum Gasteiger partial charge on any atom is 0.169 e. The highest BCUT2D eigenvalue weighted by molar-refractivity contribution is 5.47. The van der Waals surface area contributed by atoms with Crippen LogP contribution in [0.2, 0.25) is 0 Å². The predicted molar refractivity (Wildman–Crippen MR) is 29.4 cm³/mol. The number of rotatable bonds is 0. The van der Waals surface area contributed by atoms with Crippen LogP contribution in [0, 0.1) is 0 Å². The van der Waals surface area contributed by atoms with Gasteiger partial charge in [-0.25, -0.2) is 0 Å². The fourth-order valence-electron chi connectivity index (χ4n) is 0.264. The van der Waals surface area contributed by atoms with Crippen molar-refractivity contribution < 1.29 is 4.74 Å². The zero-order valence-electron chi connectivity index (χ0n) is 4.19. The van der Waals surface area contributed by atoms with E-state index in [4.69, 9.17) is 11.1 Å². The quantitative estimate of drug-likeness (QED) is 0.261. The Hall–Kier alpha value is -1.22. The molecular weight excluding hydrogens is 108 g/mol. The molecule has 1 heterocycles. The van der Waals surface area contributed by atoms with E-state index in [1.54, 1.807) is 0 Å². The molecule has 0 atom stereocenters. The molecule has 0 aliphatic carbocycles. The van der Waals surface area contributed by atoms with Crippen LogP contribution in [0.15, 0.2) is 4.99 Å². The first-order chi connectivity index (χ1) is 3.91. The van der Waals surface area contributed by atoms with Crippen molar-refractivity contribution in [2.45, 2.75) is 0 Å². The Kier molecular flexibility index (Phi) is 4.90. The Morgan fingerprint density at radius 1 is 1.62 bits per heavy atom. The molecule has 0 aromatic carbocycles. The summed E-state index contributed by atoms with van der Waals surface area (Å²) in [6, 6.07) is 0. The third kappa shape index (κ3) is 4.78. The summed E-state index contributed by atoms with van der Waals surface area (Å²) in [6.07, 6.45) is 1.49. The molecule has 8 heavy (non-hydrogen) atoms. The first kappa shape index (κ1) is 6.78. The second-order valence-corrected chi connectivity index (χ2v) is 0.972. The molecule has 0 bridgehead atoms. The molecule has 0 spiro atoms. The fourth-order valence-corrected chi connectivity index (χ4v) is 0.264. The van der Waals surface area contributed by atoms with Gasteiger partial charge in [0, 0.05) is 0 Å². The molecule has 1 rings (SSSR count). The molecule has 0 aromatic heterocycles. The average molecular weight is 113 g/mol. The average Bonchev–Trinajstić information content (AvgIpc) is 2.17. The summed E-state index contributed by atoms with van der Waals surface area (Å²) in [6.45, 7) is 1.62. The standard InChI is InChI=1S/C3H5NO.N3/c1-2-5-3-4-1;1-3-2/h3H,1-2H2;/q;-1. The van der Waals surface area contributed by atoms with Crippen LogP contribution in [-0.2, 0) is 4.74 Å². The van der Waals surface area contributed by atoms with E-state index in [2.05, 4.69) is 9.73 Å².